The Balaban J connectivity index is 2.00. The van der Waals surface area contributed by atoms with Gasteiger partial charge in [0.15, 0.2) is 0 Å². The van der Waals surface area contributed by atoms with Crippen LogP contribution in [0, 0.1) is 6.92 Å². The molecule has 18 heavy (non-hydrogen) atoms. The molecule has 4 heteroatoms. The van der Waals surface area contributed by atoms with Gasteiger partial charge in [0.1, 0.15) is 0 Å². The van der Waals surface area contributed by atoms with E-state index in [9.17, 15) is 0 Å². The highest BCUT2D eigenvalue weighted by molar-refractivity contribution is 7.06. The quantitative estimate of drug-likeness (QED) is 0.813. The zero-order valence-corrected chi connectivity index (χ0v) is 11.6. The van der Waals surface area contributed by atoms with Crippen LogP contribution in [0.2, 0.25) is 0 Å². The molecule has 0 aliphatic carbocycles. The van der Waals surface area contributed by atoms with Crippen molar-refractivity contribution in [1.29, 1.82) is 0 Å². The number of ether oxygens (including phenoxy) is 1. The summed E-state index contributed by atoms with van der Waals surface area (Å²) < 4.78 is 9.51. The fourth-order valence-corrected chi connectivity index (χ4v) is 2.47. The molecule has 2 rings (SSSR count). The molecular weight excluding hydrogens is 244 g/mol. The normalized spacial score (nSPS) is 10.8. The Kier molecular flexibility index (Phi) is 4.87. The van der Waals surface area contributed by atoms with Gasteiger partial charge in [-0.15, -0.1) is 0 Å². The predicted octanol–water partition coefficient (Wildman–Crippen LogP) is 2.85. The second-order valence-corrected chi connectivity index (χ2v) is 5.05. The van der Waals surface area contributed by atoms with Crippen LogP contribution in [-0.4, -0.2) is 24.6 Å². The van der Waals surface area contributed by atoms with Crippen LogP contribution in [0.5, 0.6) is 0 Å². The lowest BCUT2D eigenvalue weighted by Gasteiger charge is -2.01. The largest absolute Gasteiger partial charge is 0.383 e. The van der Waals surface area contributed by atoms with Crippen molar-refractivity contribution in [3.05, 3.63) is 40.8 Å². The molecule has 96 valence electrons. The van der Waals surface area contributed by atoms with Crippen molar-refractivity contribution in [2.75, 3.05) is 20.3 Å². The zero-order valence-electron chi connectivity index (χ0n) is 10.8. The highest BCUT2D eigenvalue weighted by Crippen LogP contribution is 2.24. The number of nitrogens with one attached hydrogen (secondary N) is 1. The van der Waals surface area contributed by atoms with Crippen molar-refractivity contribution in [1.82, 2.24) is 9.69 Å². The molecule has 1 N–H and O–H groups in total. The number of hydrogen-bond acceptors (Lipinski definition) is 4. The summed E-state index contributed by atoms with van der Waals surface area (Å²) in [6.45, 7) is 4.58. The van der Waals surface area contributed by atoms with Crippen LogP contribution in [0.15, 0.2) is 30.3 Å². The molecule has 0 saturated heterocycles. The maximum atomic E-state index is 5.00. The van der Waals surface area contributed by atoms with E-state index in [0.717, 1.165) is 25.4 Å². The first-order chi connectivity index (χ1) is 8.81. The lowest BCUT2D eigenvalue weighted by atomic mass is 10.1. The van der Waals surface area contributed by atoms with Crippen LogP contribution in [0.3, 0.4) is 0 Å². The molecule has 0 spiro atoms. The van der Waals surface area contributed by atoms with E-state index >= 15 is 0 Å². The SMILES string of the molecule is COCCNCc1cc(-c2ccccc2C)ns1. The minimum atomic E-state index is 0.740. The monoisotopic (exact) mass is 262 g/mol. The molecule has 0 saturated carbocycles. The van der Waals surface area contributed by atoms with E-state index < -0.39 is 0 Å². The summed E-state index contributed by atoms with van der Waals surface area (Å²) in [6, 6.07) is 10.5. The fraction of sp³-hybridized carbons (Fsp3) is 0.357. The van der Waals surface area contributed by atoms with E-state index in [0.29, 0.717) is 0 Å². The summed E-state index contributed by atoms with van der Waals surface area (Å²) >= 11 is 1.56. The van der Waals surface area contributed by atoms with E-state index in [1.807, 2.05) is 0 Å². The van der Waals surface area contributed by atoms with Crippen LogP contribution in [-0.2, 0) is 11.3 Å². The third-order valence-corrected chi connectivity index (χ3v) is 3.55. The molecular formula is C14H18N2OS. The first kappa shape index (κ1) is 13.2. The molecule has 0 amide bonds. The zero-order chi connectivity index (χ0) is 12.8. The van der Waals surface area contributed by atoms with Gasteiger partial charge in [-0.25, -0.2) is 0 Å². The van der Waals surface area contributed by atoms with Gasteiger partial charge in [0.05, 0.1) is 12.3 Å². The smallest absolute Gasteiger partial charge is 0.0846 e. The summed E-state index contributed by atoms with van der Waals surface area (Å²) in [5.41, 5.74) is 3.56. The number of rotatable bonds is 6. The third-order valence-electron chi connectivity index (χ3n) is 2.76. The molecule has 0 atom stereocenters. The van der Waals surface area contributed by atoms with Crippen LogP contribution in [0.25, 0.3) is 11.3 Å². The number of aryl methyl sites for hydroxylation is 1. The van der Waals surface area contributed by atoms with Gasteiger partial charge in [-0.05, 0) is 30.1 Å². The maximum absolute atomic E-state index is 5.00. The molecule has 2 aromatic rings. The summed E-state index contributed by atoms with van der Waals surface area (Å²) in [5, 5.41) is 3.33. The average Bonchev–Trinajstić information content (AvgIpc) is 2.84. The Labute approximate surface area is 112 Å². The highest BCUT2D eigenvalue weighted by atomic mass is 32.1. The van der Waals surface area contributed by atoms with Crippen molar-refractivity contribution < 1.29 is 4.74 Å². The Morgan fingerprint density at radius 3 is 2.94 bits per heavy atom. The maximum Gasteiger partial charge on any atom is 0.0846 e. The van der Waals surface area contributed by atoms with Crippen molar-refractivity contribution in [2.45, 2.75) is 13.5 Å². The van der Waals surface area contributed by atoms with Gasteiger partial charge in [-0.3, -0.25) is 0 Å². The van der Waals surface area contributed by atoms with Crippen molar-refractivity contribution >= 4 is 11.5 Å². The molecule has 0 radical (unpaired) electrons. The number of nitrogens with zero attached hydrogens (tertiary/aromatic N) is 1. The van der Waals surface area contributed by atoms with E-state index in [1.54, 1.807) is 18.6 Å². The number of hydrogen-bond donors (Lipinski definition) is 1. The summed E-state index contributed by atoms with van der Waals surface area (Å²) in [5.74, 6) is 0. The molecule has 1 aromatic carbocycles. The van der Waals surface area contributed by atoms with Crippen molar-refractivity contribution in [2.24, 2.45) is 0 Å². The molecule has 0 unspecified atom stereocenters. The Morgan fingerprint density at radius 1 is 1.33 bits per heavy atom. The average molecular weight is 262 g/mol. The van der Waals surface area contributed by atoms with Crippen LogP contribution >= 0.6 is 11.5 Å². The molecule has 0 aliphatic rings. The first-order valence-electron chi connectivity index (χ1n) is 6.02. The van der Waals surface area contributed by atoms with E-state index in [2.05, 4.69) is 46.9 Å². The lowest BCUT2D eigenvalue weighted by Crippen LogP contribution is -2.17. The molecule has 0 fully saturated rings. The number of methoxy groups -OCH3 is 1. The number of aromatic nitrogens is 1. The lowest BCUT2D eigenvalue weighted by molar-refractivity contribution is 0.199. The Morgan fingerprint density at radius 2 is 2.17 bits per heavy atom. The molecule has 0 bridgehead atoms. The fourth-order valence-electron chi connectivity index (χ4n) is 1.77. The van der Waals surface area contributed by atoms with E-state index in [1.165, 1.54) is 16.0 Å². The number of benzene rings is 1. The summed E-state index contributed by atoms with van der Waals surface area (Å²) in [7, 11) is 1.71. The highest BCUT2D eigenvalue weighted by Gasteiger charge is 2.06. The Hall–Kier alpha value is -1.23. The van der Waals surface area contributed by atoms with Crippen LogP contribution in [0.1, 0.15) is 10.4 Å². The van der Waals surface area contributed by atoms with Gasteiger partial charge in [0.25, 0.3) is 0 Å². The minimum absolute atomic E-state index is 0.740. The summed E-state index contributed by atoms with van der Waals surface area (Å²) in [4.78, 5) is 1.25. The molecule has 3 nitrogen and oxygen atoms in total. The molecule has 1 heterocycles. The van der Waals surface area contributed by atoms with E-state index in [4.69, 9.17) is 4.74 Å². The second kappa shape index (κ2) is 6.64. The predicted molar refractivity (Wildman–Crippen MR) is 75.9 cm³/mol. The van der Waals surface area contributed by atoms with Crippen molar-refractivity contribution in [3.63, 3.8) is 0 Å². The van der Waals surface area contributed by atoms with Crippen molar-refractivity contribution in [3.8, 4) is 11.3 Å². The van der Waals surface area contributed by atoms with E-state index in [-0.39, 0.29) is 0 Å². The minimum Gasteiger partial charge on any atom is -0.383 e. The molecule has 1 aromatic heterocycles. The molecule has 0 aliphatic heterocycles. The van der Waals surface area contributed by atoms with Gasteiger partial charge in [0.2, 0.25) is 0 Å². The van der Waals surface area contributed by atoms with Crippen LogP contribution < -0.4 is 5.32 Å². The van der Waals surface area contributed by atoms with Gasteiger partial charge >= 0.3 is 0 Å². The van der Waals surface area contributed by atoms with Gasteiger partial charge < -0.3 is 10.1 Å². The third kappa shape index (κ3) is 3.38. The standard InChI is InChI=1S/C14H18N2OS/c1-11-5-3-4-6-13(11)14-9-12(18-16-14)10-15-7-8-17-2/h3-6,9,15H,7-8,10H2,1-2H3. The summed E-state index contributed by atoms with van der Waals surface area (Å²) in [6.07, 6.45) is 0. The van der Waals surface area contributed by atoms with Crippen LogP contribution in [0.4, 0.5) is 0 Å². The van der Waals surface area contributed by atoms with Gasteiger partial charge in [-0.1, -0.05) is 24.3 Å². The van der Waals surface area contributed by atoms with Gasteiger partial charge in [-0.2, -0.15) is 4.37 Å². The first-order valence-corrected chi connectivity index (χ1v) is 6.80. The Bertz CT molecular complexity index is 496. The van der Waals surface area contributed by atoms with Gasteiger partial charge in [0, 0.05) is 30.6 Å². The second-order valence-electron chi connectivity index (χ2n) is 4.16. The topological polar surface area (TPSA) is 34.1 Å².